The Balaban J connectivity index is 0.00000450. The Morgan fingerprint density at radius 2 is 1.30 bits per heavy atom. The van der Waals surface area contributed by atoms with Gasteiger partial charge in [-0.05, 0) is 42.3 Å². The molecule has 0 saturated carbocycles. The molecule has 5 nitrogen and oxygen atoms in total. The summed E-state index contributed by atoms with van der Waals surface area (Å²) in [6, 6.07) is 8.60. The average molecular weight is 452 g/mol. The summed E-state index contributed by atoms with van der Waals surface area (Å²) in [7, 11) is 0. The van der Waals surface area contributed by atoms with E-state index in [0.717, 1.165) is 24.3 Å². The van der Waals surface area contributed by atoms with Gasteiger partial charge in [-0.1, -0.05) is 24.3 Å². The van der Waals surface area contributed by atoms with Crippen molar-refractivity contribution in [3.63, 3.8) is 0 Å². The molecule has 0 bridgehead atoms. The normalized spacial score (nSPS) is 12.4. The number of hydrogen-bond donors (Lipinski definition) is 3. The van der Waals surface area contributed by atoms with Crippen molar-refractivity contribution in [1.29, 1.82) is 5.41 Å². The second kappa shape index (κ2) is 10.1. The van der Waals surface area contributed by atoms with Gasteiger partial charge in [0.25, 0.3) is 0 Å². The molecule has 3 N–H and O–H groups in total. The van der Waals surface area contributed by atoms with Gasteiger partial charge in [-0.15, -0.1) is 12.4 Å². The third-order valence-corrected chi connectivity index (χ3v) is 3.59. The molecule has 0 amide bonds. The maximum Gasteiger partial charge on any atom is 0.416 e. The standard InChI is InChI=1S/C18H15F6N5.ClH/c1-11(13-4-8-15(9-5-13)18(22,23)24)27-29-16(25)28-26-10-12-2-6-14(7-3-12)17(19,20)21;/h2-10H,1H3,(H3,25,28,29);1H. The Hall–Kier alpha value is -3.08. The predicted octanol–water partition coefficient (Wildman–Crippen LogP) is 5.02. The van der Waals surface area contributed by atoms with Gasteiger partial charge in [0, 0.05) is 0 Å². The van der Waals surface area contributed by atoms with E-state index in [1.165, 1.54) is 37.4 Å². The summed E-state index contributed by atoms with van der Waals surface area (Å²) in [5, 5.41) is 15.1. The zero-order chi connectivity index (χ0) is 21.7. The number of alkyl halides is 6. The van der Waals surface area contributed by atoms with Crippen molar-refractivity contribution in [2.75, 3.05) is 0 Å². The molecule has 0 saturated heterocycles. The molecule has 0 heterocycles. The smallest absolute Gasteiger partial charge is 0.266 e. The minimum absolute atomic E-state index is 0. The predicted molar refractivity (Wildman–Crippen MR) is 104 cm³/mol. The SMILES string of the molecule is CC(=NNC(=N)NN=Cc1ccc(C(F)(F)F)cc1)c1ccc(C(F)(F)F)cc1.Cl. The van der Waals surface area contributed by atoms with Gasteiger partial charge in [0.2, 0.25) is 5.96 Å². The van der Waals surface area contributed by atoms with E-state index in [9.17, 15) is 26.3 Å². The molecule has 0 spiro atoms. The Kier molecular flexibility index (Phi) is 8.40. The van der Waals surface area contributed by atoms with E-state index in [0.29, 0.717) is 16.8 Å². The summed E-state index contributed by atoms with van der Waals surface area (Å²) in [5.74, 6) is -0.348. The van der Waals surface area contributed by atoms with Crippen LogP contribution in [0, 0.1) is 5.41 Å². The van der Waals surface area contributed by atoms with E-state index >= 15 is 0 Å². The average Bonchev–Trinajstić information content (AvgIpc) is 2.65. The summed E-state index contributed by atoms with van der Waals surface area (Å²) in [6.07, 6.45) is -7.65. The lowest BCUT2D eigenvalue weighted by atomic mass is 10.1. The van der Waals surface area contributed by atoms with Crippen LogP contribution in [0.25, 0.3) is 0 Å². The van der Waals surface area contributed by atoms with E-state index < -0.39 is 23.5 Å². The maximum atomic E-state index is 12.5. The molecule has 0 aromatic heterocycles. The first-order chi connectivity index (χ1) is 13.5. The van der Waals surface area contributed by atoms with Crippen LogP contribution in [0.5, 0.6) is 0 Å². The minimum Gasteiger partial charge on any atom is -0.266 e. The van der Waals surface area contributed by atoms with Gasteiger partial charge in [-0.2, -0.15) is 36.5 Å². The summed E-state index contributed by atoms with van der Waals surface area (Å²) >= 11 is 0. The molecule has 12 heteroatoms. The molecule has 0 atom stereocenters. The third kappa shape index (κ3) is 7.39. The van der Waals surface area contributed by atoms with Gasteiger partial charge in [0.15, 0.2) is 0 Å². The van der Waals surface area contributed by atoms with Crippen molar-refractivity contribution in [3.8, 4) is 0 Å². The number of hydrogen-bond acceptors (Lipinski definition) is 3. The molecular formula is C18H16ClF6N5. The van der Waals surface area contributed by atoms with Crippen LogP contribution in [-0.4, -0.2) is 17.9 Å². The van der Waals surface area contributed by atoms with E-state index in [1.807, 2.05) is 0 Å². The van der Waals surface area contributed by atoms with E-state index in [2.05, 4.69) is 21.1 Å². The number of hydrazone groups is 2. The lowest BCUT2D eigenvalue weighted by Crippen LogP contribution is -2.30. The lowest BCUT2D eigenvalue weighted by Gasteiger charge is -2.08. The van der Waals surface area contributed by atoms with Crippen LogP contribution in [0.2, 0.25) is 0 Å². The summed E-state index contributed by atoms with van der Waals surface area (Å²) in [4.78, 5) is 0. The number of nitrogens with zero attached hydrogens (tertiary/aromatic N) is 2. The quantitative estimate of drug-likeness (QED) is 0.264. The van der Waals surface area contributed by atoms with E-state index in [-0.39, 0.29) is 18.4 Å². The number of guanidine groups is 1. The highest BCUT2D eigenvalue weighted by Crippen LogP contribution is 2.29. The van der Waals surface area contributed by atoms with Crippen molar-refractivity contribution >= 4 is 30.3 Å². The van der Waals surface area contributed by atoms with Crippen molar-refractivity contribution in [2.45, 2.75) is 19.3 Å². The molecule has 0 aliphatic carbocycles. The molecule has 0 unspecified atom stereocenters. The molecule has 162 valence electrons. The third-order valence-electron chi connectivity index (χ3n) is 3.59. The van der Waals surface area contributed by atoms with Crippen LogP contribution in [0.3, 0.4) is 0 Å². The Labute approximate surface area is 173 Å². The van der Waals surface area contributed by atoms with Gasteiger partial charge >= 0.3 is 12.4 Å². The first kappa shape index (κ1) is 25.0. The number of rotatable bonds is 4. The minimum atomic E-state index is -4.43. The van der Waals surface area contributed by atoms with Gasteiger partial charge in [-0.25, -0.2) is 10.9 Å². The molecule has 0 aliphatic heterocycles. The highest BCUT2D eigenvalue weighted by molar-refractivity contribution is 5.99. The molecule has 2 aromatic carbocycles. The van der Waals surface area contributed by atoms with Gasteiger partial charge in [0.1, 0.15) is 0 Å². The Morgan fingerprint density at radius 3 is 1.77 bits per heavy atom. The molecule has 2 aromatic rings. The van der Waals surface area contributed by atoms with Gasteiger partial charge < -0.3 is 0 Å². The monoisotopic (exact) mass is 451 g/mol. The first-order valence-electron chi connectivity index (χ1n) is 7.99. The number of nitrogens with one attached hydrogen (secondary N) is 3. The number of halogens is 7. The van der Waals surface area contributed by atoms with Gasteiger partial charge in [0.05, 0.1) is 23.1 Å². The Bertz CT molecular complexity index is 903. The fraction of sp³-hybridized carbons (Fsp3) is 0.167. The van der Waals surface area contributed by atoms with Gasteiger partial charge in [-0.3, -0.25) is 5.41 Å². The van der Waals surface area contributed by atoms with Crippen LogP contribution in [0.15, 0.2) is 58.7 Å². The number of benzene rings is 2. The summed E-state index contributed by atoms with van der Waals surface area (Å²) in [5.41, 5.74) is 4.15. The van der Waals surface area contributed by atoms with E-state index in [1.54, 1.807) is 0 Å². The summed E-state index contributed by atoms with van der Waals surface area (Å²) in [6.45, 7) is 1.54. The molecule has 0 aliphatic rings. The second-order valence-corrected chi connectivity index (χ2v) is 5.75. The van der Waals surface area contributed by atoms with Crippen LogP contribution in [0.1, 0.15) is 29.2 Å². The van der Waals surface area contributed by atoms with Crippen LogP contribution < -0.4 is 10.9 Å². The fourth-order valence-corrected chi connectivity index (χ4v) is 2.06. The molecule has 30 heavy (non-hydrogen) atoms. The molecule has 2 rings (SSSR count). The zero-order valence-electron chi connectivity index (χ0n) is 15.3. The first-order valence-corrected chi connectivity index (χ1v) is 7.99. The van der Waals surface area contributed by atoms with Crippen LogP contribution in [-0.2, 0) is 12.4 Å². The second-order valence-electron chi connectivity index (χ2n) is 5.75. The van der Waals surface area contributed by atoms with Crippen LogP contribution >= 0.6 is 12.4 Å². The van der Waals surface area contributed by atoms with Crippen molar-refractivity contribution in [1.82, 2.24) is 10.9 Å². The summed E-state index contributed by atoms with van der Waals surface area (Å²) < 4.78 is 75.1. The zero-order valence-corrected chi connectivity index (χ0v) is 16.1. The van der Waals surface area contributed by atoms with E-state index in [4.69, 9.17) is 5.41 Å². The van der Waals surface area contributed by atoms with Crippen molar-refractivity contribution < 1.29 is 26.3 Å². The Morgan fingerprint density at radius 1 is 0.833 bits per heavy atom. The fourth-order valence-electron chi connectivity index (χ4n) is 2.06. The molecule has 0 radical (unpaired) electrons. The highest BCUT2D eigenvalue weighted by Gasteiger charge is 2.30. The largest absolute Gasteiger partial charge is 0.416 e. The molecule has 0 fully saturated rings. The van der Waals surface area contributed by atoms with Crippen LogP contribution in [0.4, 0.5) is 26.3 Å². The van der Waals surface area contributed by atoms with Crippen molar-refractivity contribution in [3.05, 3.63) is 70.8 Å². The maximum absolute atomic E-state index is 12.5. The highest BCUT2D eigenvalue weighted by atomic mass is 35.5. The van der Waals surface area contributed by atoms with Crippen molar-refractivity contribution in [2.24, 2.45) is 10.2 Å². The lowest BCUT2D eigenvalue weighted by molar-refractivity contribution is -0.138. The molecular weight excluding hydrogens is 436 g/mol. The topological polar surface area (TPSA) is 72.6 Å².